The summed E-state index contributed by atoms with van der Waals surface area (Å²) in [5.74, 6) is 0.0969. The van der Waals surface area contributed by atoms with Crippen LogP contribution in [0, 0.1) is 6.92 Å². The van der Waals surface area contributed by atoms with Crippen molar-refractivity contribution in [3.05, 3.63) is 70.3 Å². The molecule has 1 fully saturated rings. The minimum atomic E-state index is -0.571. The molecule has 2 aromatic rings. The van der Waals surface area contributed by atoms with Crippen molar-refractivity contribution in [1.29, 1.82) is 0 Å². The zero-order valence-electron chi connectivity index (χ0n) is 15.3. The fourth-order valence-electron chi connectivity index (χ4n) is 4.26. The van der Waals surface area contributed by atoms with Gasteiger partial charge in [-0.1, -0.05) is 61.4 Å². The lowest BCUT2D eigenvalue weighted by Crippen LogP contribution is -2.68. The van der Waals surface area contributed by atoms with E-state index in [0.717, 1.165) is 17.1 Å². The first kappa shape index (κ1) is 17.2. The molecule has 1 atom stereocenters. The Hall–Kier alpha value is -2.26. The molecule has 134 valence electrons. The summed E-state index contributed by atoms with van der Waals surface area (Å²) in [6, 6.07) is 14.3. The minimum Gasteiger partial charge on any atom is -0.344 e. The third kappa shape index (κ3) is 2.45. The summed E-state index contributed by atoms with van der Waals surface area (Å²) in [6.45, 7) is 7.25. The normalized spacial score (nSPS) is 23.7. The van der Waals surface area contributed by atoms with Crippen LogP contribution in [0.3, 0.4) is 0 Å². The maximum Gasteiger partial charge on any atom is 0.223 e. The third-order valence-corrected chi connectivity index (χ3v) is 6.03. The molecule has 1 saturated heterocycles. The minimum absolute atomic E-state index is 0.0969. The zero-order chi connectivity index (χ0) is 18.5. The van der Waals surface area contributed by atoms with E-state index in [1.165, 1.54) is 16.8 Å². The van der Waals surface area contributed by atoms with Crippen molar-refractivity contribution in [2.75, 3.05) is 11.4 Å². The van der Waals surface area contributed by atoms with Crippen LogP contribution in [0.4, 0.5) is 5.69 Å². The van der Waals surface area contributed by atoms with Crippen LogP contribution in [-0.4, -0.2) is 18.1 Å². The van der Waals surface area contributed by atoms with E-state index in [1.54, 1.807) is 0 Å². The molecule has 4 rings (SSSR count). The summed E-state index contributed by atoms with van der Waals surface area (Å²) in [6.07, 6.45) is 4.73. The number of rotatable bonds is 2. The van der Waals surface area contributed by atoms with E-state index in [4.69, 9.17) is 11.6 Å². The number of hydrogen-bond donors (Lipinski definition) is 1. The molecule has 0 spiro atoms. The summed E-state index contributed by atoms with van der Waals surface area (Å²) in [4.78, 5) is 14.7. The quantitative estimate of drug-likeness (QED) is 0.837. The van der Waals surface area contributed by atoms with Gasteiger partial charge in [-0.2, -0.15) is 0 Å². The first-order valence-corrected chi connectivity index (χ1v) is 9.36. The number of nitrogens with one attached hydrogen (secondary N) is 1. The fraction of sp³-hybridized carbons (Fsp3) is 0.318. The standard InChI is InChI=1S/C22H23ClN2O/c1-15-4-9-19-18(14-15)21(2,3)22(24-20(26)11-13-25(19)22)12-10-16-5-7-17(23)8-6-16/h4-10,12,14H,11,13H2,1-3H3,(H,24,26)/b12-10+/t22-/m1/s1. The van der Waals surface area contributed by atoms with Crippen molar-refractivity contribution in [1.82, 2.24) is 5.32 Å². The highest BCUT2D eigenvalue weighted by molar-refractivity contribution is 6.30. The molecule has 0 unspecified atom stereocenters. The second-order valence-corrected chi connectivity index (χ2v) is 8.18. The number of carbonyl (C=O) groups is 1. The van der Waals surface area contributed by atoms with Crippen LogP contribution in [0.15, 0.2) is 48.5 Å². The molecule has 2 heterocycles. The first-order chi connectivity index (χ1) is 12.3. The Labute approximate surface area is 159 Å². The topological polar surface area (TPSA) is 32.3 Å². The summed E-state index contributed by atoms with van der Waals surface area (Å²) < 4.78 is 0. The van der Waals surface area contributed by atoms with Gasteiger partial charge in [0.1, 0.15) is 5.66 Å². The first-order valence-electron chi connectivity index (χ1n) is 8.98. The highest BCUT2D eigenvalue weighted by Crippen LogP contribution is 2.52. The number of anilines is 1. The van der Waals surface area contributed by atoms with E-state index in [2.05, 4.69) is 61.3 Å². The van der Waals surface area contributed by atoms with E-state index in [0.29, 0.717) is 6.42 Å². The van der Waals surface area contributed by atoms with Gasteiger partial charge in [0, 0.05) is 29.1 Å². The Bertz CT molecular complexity index is 901. The Morgan fingerprint density at radius 1 is 1.15 bits per heavy atom. The number of fused-ring (bicyclic) bond motifs is 3. The van der Waals surface area contributed by atoms with E-state index in [1.807, 2.05) is 24.3 Å². The Balaban J connectivity index is 1.84. The molecule has 0 saturated carbocycles. The van der Waals surface area contributed by atoms with Gasteiger partial charge in [-0.05, 0) is 42.3 Å². The van der Waals surface area contributed by atoms with Gasteiger partial charge in [0.2, 0.25) is 5.91 Å². The average Bonchev–Trinajstić information content (AvgIpc) is 2.79. The predicted octanol–water partition coefficient (Wildman–Crippen LogP) is 4.68. The monoisotopic (exact) mass is 366 g/mol. The largest absolute Gasteiger partial charge is 0.344 e. The van der Waals surface area contributed by atoms with Crippen LogP contribution in [0.5, 0.6) is 0 Å². The van der Waals surface area contributed by atoms with Gasteiger partial charge in [0.25, 0.3) is 0 Å². The molecular weight excluding hydrogens is 344 g/mol. The maximum atomic E-state index is 12.4. The van der Waals surface area contributed by atoms with Gasteiger partial charge in [-0.15, -0.1) is 0 Å². The summed E-state index contributed by atoms with van der Waals surface area (Å²) in [5, 5.41) is 4.02. The number of amides is 1. The lowest BCUT2D eigenvalue weighted by Gasteiger charge is -2.49. The van der Waals surface area contributed by atoms with Crippen molar-refractivity contribution in [3.8, 4) is 0 Å². The van der Waals surface area contributed by atoms with Crippen LogP contribution in [0.2, 0.25) is 5.02 Å². The predicted molar refractivity (Wildman–Crippen MR) is 108 cm³/mol. The van der Waals surface area contributed by atoms with Crippen molar-refractivity contribution in [3.63, 3.8) is 0 Å². The van der Waals surface area contributed by atoms with E-state index in [-0.39, 0.29) is 11.3 Å². The van der Waals surface area contributed by atoms with E-state index >= 15 is 0 Å². The molecule has 1 N–H and O–H groups in total. The summed E-state index contributed by atoms with van der Waals surface area (Å²) in [5.41, 5.74) is 3.96. The van der Waals surface area contributed by atoms with Crippen LogP contribution >= 0.6 is 11.6 Å². The molecular formula is C22H23ClN2O. The van der Waals surface area contributed by atoms with Gasteiger partial charge >= 0.3 is 0 Å². The van der Waals surface area contributed by atoms with Gasteiger partial charge in [-0.25, -0.2) is 0 Å². The smallest absolute Gasteiger partial charge is 0.223 e. The number of carbonyl (C=O) groups excluding carboxylic acids is 1. The second-order valence-electron chi connectivity index (χ2n) is 7.75. The molecule has 4 heteroatoms. The highest BCUT2D eigenvalue weighted by atomic mass is 35.5. The number of benzene rings is 2. The molecule has 0 aromatic heterocycles. The lowest BCUT2D eigenvalue weighted by atomic mass is 9.74. The molecule has 2 aliphatic heterocycles. The van der Waals surface area contributed by atoms with Gasteiger partial charge in [0.15, 0.2) is 0 Å². The van der Waals surface area contributed by atoms with E-state index < -0.39 is 5.66 Å². The number of aryl methyl sites for hydroxylation is 1. The molecule has 3 nitrogen and oxygen atoms in total. The van der Waals surface area contributed by atoms with Crippen molar-refractivity contribution >= 4 is 29.3 Å². The van der Waals surface area contributed by atoms with Crippen LogP contribution in [0.1, 0.15) is 37.0 Å². The fourth-order valence-corrected chi connectivity index (χ4v) is 4.38. The highest BCUT2D eigenvalue weighted by Gasteiger charge is 2.57. The summed E-state index contributed by atoms with van der Waals surface area (Å²) >= 11 is 6.00. The van der Waals surface area contributed by atoms with Gasteiger partial charge in [0.05, 0.1) is 0 Å². The Kier molecular flexibility index (Phi) is 3.89. The molecule has 0 radical (unpaired) electrons. The number of halogens is 1. The van der Waals surface area contributed by atoms with Crippen LogP contribution in [-0.2, 0) is 10.2 Å². The average molecular weight is 367 g/mol. The number of nitrogens with zero attached hydrogens (tertiary/aromatic N) is 1. The third-order valence-electron chi connectivity index (χ3n) is 5.77. The SMILES string of the molecule is Cc1ccc2c(c1)C(C)(C)[C@]1(/C=C/c3ccc(Cl)cc3)NC(=O)CCN21. The van der Waals surface area contributed by atoms with E-state index in [9.17, 15) is 4.79 Å². The molecule has 0 aliphatic carbocycles. The van der Waals surface area contributed by atoms with Crippen LogP contribution < -0.4 is 10.2 Å². The molecule has 1 amide bonds. The van der Waals surface area contributed by atoms with Crippen molar-refractivity contribution < 1.29 is 4.79 Å². The molecule has 2 aliphatic rings. The van der Waals surface area contributed by atoms with Crippen molar-refractivity contribution in [2.24, 2.45) is 0 Å². The number of hydrogen-bond acceptors (Lipinski definition) is 2. The Morgan fingerprint density at radius 2 is 1.88 bits per heavy atom. The molecule has 26 heavy (non-hydrogen) atoms. The van der Waals surface area contributed by atoms with Gasteiger partial charge < -0.3 is 10.2 Å². The van der Waals surface area contributed by atoms with Crippen LogP contribution in [0.25, 0.3) is 6.08 Å². The molecule has 0 bridgehead atoms. The molecule has 2 aromatic carbocycles. The lowest BCUT2D eigenvalue weighted by molar-refractivity contribution is -0.124. The second kappa shape index (κ2) is 5.88. The maximum absolute atomic E-state index is 12.4. The van der Waals surface area contributed by atoms with Gasteiger partial charge in [-0.3, -0.25) is 4.79 Å². The summed E-state index contributed by atoms with van der Waals surface area (Å²) in [7, 11) is 0. The Morgan fingerprint density at radius 3 is 2.62 bits per heavy atom. The van der Waals surface area contributed by atoms with Crippen molar-refractivity contribution in [2.45, 2.75) is 38.3 Å². The zero-order valence-corrected chi connectivity index (χ0v) is 16.1.